The van der Waals surface area contributed by atoms with Gasteiger partial charge in [-0.05, 0) is 50.4 Å². The zero-order valence-electron chi connectivity index (χ0n) is 14.0. The van der Waals surface area contributed by atoms with Crippen LogP contribution in [-0.2, 0) is 4.79 Å². The van der Waals surface area contributed by atoms with Crippen molar-refractivity contribution < 1.29 is 9.90 Å². The minimum atomic E-state index is -0.456. The highest BCUT2D eigenvalue weighted by atomic mass is 16.3. The molecule has 1 saturated heterocycles. The second kappa shape index (κ2) is 7.56. The summed E-state index contributed by atoms with van der Waals surface area (Å²) in [5.41, 5.74) is 0.266. The van der Waals surface area contributed by atoms with E-state index < -0.39 is 6.23 Å². The van der Waals surface area contributed by atoms with Crippen molar-refractivity contribution in [3.8, 4) is 0 Å². The molecular formula is C17H33NO2. The van der Waals surface area contributed by atoms with Crippen molar-refractivity contribution in [2.45, 2.75) is 85.4 Å². The molecule has 1 heterocycles. The monoisotopic (exact) mass is 283 g/mol. The fourth-order valence-corrected chi connectivity index (χ4v) is 3.46. The molecule has 0 aliphatic carbocycles. The van der Waals surface area contributed by atoms with Crippen molar-refractivity contribution in [2.75, 3.05) is 6.54 Å². The number of rotatable bonds is 8. The summed E-state index contributed by atoms with van der Waals surface area (Å²) in [4.78, 5) is 13.6. The van der Waals surface area contributed by atoms with Crippen LogP contribution in [0.25, 0.3) is 0 Å². The molecule has 3 unspecified atom stereocenters. The molecule has 1 fully saturated rings. The fraction of sp³-hybridized carbons (Fsp3) is 0.941. The number of ketones is 1. The maximum atomic E-state index is 11.6. The number of aliphatic hydroxyl groups is 1. The van der Waals surface area contributed by atoms with Crippen LogP contribution >= 0.6 is 0 Å². The Morgan fingerprint density at radius 2 is 2.10 bits per heavy atom. The maximum Gasteiger partial charge on any atom is 0.146 e. The van der Waals surface area contributed by atoms with E-state index in [2.05, 4.69) is 27.7 Å². The van der Waals surface area contributed by atoms with Crippen LogP contribution in [0.4, 0.5) is 0 Å². The van der Waals surface area contributed by atoms with Crippen LogP contribution in [0.3, 0.4) is 0 Å². The van der Waals surface area contributed by atoms with Gasteiger partial charge < -0.3 is 5.11 Å². The average Bonchev–Trinajstić information content (AvgIpc) is 2.84. The number of Topliss-reactive ketones (excluding diaryl/α,β-unsaturated/α-hetero) is 1. The molecule has 118 valence electrons. The Labute approximate surface area is 124 Å². The molecule has 3 heteroatoms. The quantitative estimate of drug-likeness (QED) is 0.740. The number of aliphatic hydroxyl groups excluding tert-OH is 1. The highest BCUT2D eigenvalue weighted by Crippen LogP contribution is 2.33. The van der Waals surface area contributed by atoms with E-state index in [1.807, 2.05) is 4.90 Å². The van der Waals surface area contributed by atoms with Gasteiger partial charge in [-0.15, -0.1) is 0 Å². The molecule has 0 saturated carbocycles. The molecule has 0 aromatic rings. The average molecular weight is 283 g/mol. The third-order valence-corrected chi connectivity index (χ3v) is 4.82. The number of carbonyl (C=O) groups is 1. The lowest BCUT2D eigenvalue weighted by molar-refractivity contribution is -0.125. The smallest absolute Gasteiger partial charge is 0.146 e. The summed E-state index contributed by atoms with van der Waals surface area (Å²) >= 11 is 0. The summed E-state index contributed by atoms with van der Waals surface area (Å²) in [5.74, 6) is 0.930. The van der Waals surface area contributed by atoms with Gasteiger partial charge in [0.1, 0.15) is 12.0 Å². The molecule has 20 heavy (non-hydrogen) atoms. The highest BCUT2D eigenvalue weighted by Gasteiger charge is 2.33. The van der Waals surface area contributed by atoms with Gasteiger partial charge in [0.15, 0.2) is 0 Å². The largest absolute Gasteiger partial charge is 0.378 e. The van der Waals surface area contributed by atoms with Crippen molar-refractivity contribution >= 4 is 5.78 Å². The molecule has 0 bridgehead atoms. The Morgan fingerprint density at radius 3 is 2.65 bits per heavy atom. The van der Waals surface area contributed by atoms with E-state index in [1.165, 1.54) is 12.8 Å². The molecule has 1 N–H and O–H groups in total. The van der Waals surface area contributed by atoms with Crippen LogP contribution in [0.2, 0.25) is 0 Å². The molecule has 0 aromatic heterocycles. The van der Waals surface area contributed by atoms with Gasteiger partial charge in [0.2, 0.25) is 0 Å². The summed E-state index contributed by atoms with van der Waals surface area (Å²) in [6, 6.07) is -0.0531. The van der Waals surface area contributed by atoms with Gasteiger partial charge in [-0.25, -0.2) is 0 Å². The molecule has 1 aliphatic rings. The van der Waals surface area contributed by atoms with Gasteiger partial charge in [0.05, 0.1) is 6.04 Å². The minimum Gasteiger partial charge on any atom is -0.378 e. The first kappa shape index (κ1) is 17.6. The number of carbonyl (C=O) groups excluding carboxylic acids is 1. The Morgan fingerprint density at radius 1 is 1.45 bits per heavy atom. The first-order valence-corrected chi connectivity index (χ1v) is 8.21. The van der Waals surface area contributed by atoms with Gasteiger partial charge in [-0.3, -0.25) is 9.69 Å². The lowest BCUT2D eigenvalue weighted by Gasteiger charge is -2.32. The summed E-state index contributed by atoms with van der Waals surface area (Å²) in [6.07, 6.45) is 5.67. The third-order valence-electron chi connectivity index (χ3n) is 4.82. The first-order chi connectivity index (χ1) is 9.26. The minimum absolute atomic E-state index is 0.0531. The van der Waals surface area contributed by atoms with Crippen molar-refractivity contribution in [2.24, 2.45) is 11.3 Å². The predicted octanol–water partition coefficient (Wildman–Crippen LogP) is 3.60. The standard InChI is InChI=1S/C17H33NO2/c1-6-13(2)12-17(4,5)10-9-16(20)18-11-7-8-15(18)14(3)19/h13,15-16,20H,6-12H2,1-5H3. The van der Waals surface area contributed by atoms with Crippen molar-refractivity contribution in [1.82, 2.24) is 4.90 Å². The summed E-state index contributed by atoms with van der Waals surface area (Å²) in [5, 5.41) is 10.4. The normalized spacial score (nSPS) is 23.8. The molecule has 1 aliphatic heterocycles. The molecule has 0 amide bonds. The van der Waals surface area contributed by atoms with Gasteiger partial charge >= 0.3 is 0 Å². The molecule has 0 spiro atoms. The van der Waals surface area contributed by atoms with E-state index in [-0.39, 0.29) is 17.2 Å². The molecular weight excluding hydrogens is 250 g/mol. The lowest BCUT2D eigenvalue weighted by atomic mass is 9.79. The van der Waals surface area contributed by atoms with Gasteiger partial charge in [0, 0.05) is 6.54 Å². The summed E-state index contributed by atoms with van der Waals surface area (Å²) < 4.78 is 0. The van der Waals surface area contributed by atoms with Gasteiger partial charge in [-0.2, -0.15) is 0 Å². The predicted molar refractivity (Wildman–Crippen MR) is 83.5 cm³/mol. The van der Waals surface area contributed by atoms with E-state index in [4.69, 9.17) is 0 Å². The van der Waals surface area contributed by atoms with Crippen molar-refractivity contribution in [1.29, 1.82) is 0 Å². The third kappa shape index (κ3) is 5.17. The zero-order chi connectivity index (χ0) is 15.3. The SMILES string of the molecule is CCC(C)CC(C)(C)CCC(O)N1CCCC1C(C)=O. The molecule has 3 atom stereocenters. The Balaban J connectivity index is 2.46. The number of likely N-dealkylation sites (tertiary alicyclic amines) is 1. The van der Waals surface area contributed by atoms with Gasteiger partial charge in [0.25, 0.3) is 0 Å². The van der Waals surface area contributed by atoms with Crippen LogP contribution in [-0.4, -0.2) is 34.6 Å². The summed E-state index contributed by atoms with van der Waals surface area (Å²) in [7, 11) is 0. The number of nitrogens with zero attached hydrogens (tertiary/aromatic N) is 1. The van der Waals surface area contributed by atoms with Crippen LogP contribution in [0.15, 0.2) is 0 Å². The maximum absolute atomic E-state index is 11.6. The van der Waals surface area contributed by atoms with Crippen LogP contribution in [0, 0.1) is 11.3 Å². The Bertz CT molecular complexity index is 314. The van der Waals surface area contributed by atoms with Gasteiger partial charge in [-0.1, -0.05) is 34.1 Å². The lowest BCUT2D eigenvalue weighted by Crippen LogP contribution is -2.42. The Kier molecular flexibility index (Phi) is 6.67. The summed E-state index contributed by atoms with van der Waals surface area (Å²) in [6.45, 7) is 11.6. The van der Waals surface area contributed by atoms with Crippen molar-refractivity contribution in [3.63, 3.8) is 0 Å². The first-order valence-electron chi connectivity index (χ1n) is 8.21. The number of hydrogen-bond acceptors (Lipinski definition) is 3. The van der Waals surface area contributed by atoms with E-state index in [0.29, 0.717) is 0 Å². The second-order valence-electron chi connectivity index (χ2n) is 7.41. The Hall–Kier alpha value is -0.410. The highest BCUT2D eigenvalue weighted by molar-refractivity contribution is 5.81. The molecule has 0 aromatic carbocycles. The fourth-order valence-electron chi connectivity index (χ4n) is 3.46. The van der Waals surface area contributed by atoms with Crippen LogP contribution < -0.4 is 0 Å². The molecule has 1 rings (SSSR count). The van der Waals surface area contributed by atoms with E-state index in [1.54, 1.807) is 6.92 Å². The van der Waals surface area contributed by atoms with E-state index in [9.17, 15) is 9.90 Å². The molecule has 0 radical (unpaired) electrons. The second-order valence-corrected chi connectivity index (χ2v) is 7.41. The zero-order valence-corrected chi connectivity index (χ0v) is 14.0. The topological polar surface area (TPSA) is 40.5 Å². The van der Waals surface area contributed by atoms with Crippen LogP contribution in [0.1, 0.15) is 73.1 Å². The van der Waals surface area contributed by atoms with E-state index in [0.717, 1.165) is 38.1 Å². The number of hydrogen-bond donors (Lipinski definition) is 1. The van der Waals surface area contributed by atoms with Crippen LogP contribution in [0.5, 0.6) is 0 Å². The van der Waals surface area contributed by atoms with Crippen molar-refractivity contribution in [3.05, 3.63) is 0 Å². The molecule has 3 nitrogen and oxygen atoms in total. The van der Waals surface area contributed by atoms with E-state index >= 15 is 0 Å².